The van der Waals surface area contributed by atoms with Crippen molar-refractivity contribution >= 4 is 17.5 Å². The molecular formula is C16H20N6O4. The van der Waals surface area contributed by atoms with E-state index in [-0.39, 0.29) is 29.4 Å². The van der Waals surface area contributed by atoms with Crippen LogP contribution < -0.4 is 0 Å². The lowest BCUT2D eigenvalue weighted by atomic mass is 10.1. The van der Waals surface area contributed by atoms with E-state index in [0.717, 1.165) is 0 Å². The second-order valence-corrected chi connectivity index (χ2v) is 5.53. The van der Waals surface area contributed by atoms with Crippen molar-refractivity contribution in [2.24, 2.45) is 0 Å². The molecule has 26 heavy (non-hydrogen) atoms. The first-order valence-corrected chi connectivity index (χ1v) is 8.05. The number of hydrogen-bond acceptors (Lipinski definition) is 6. The summed E-state index contributed by atoms with van der Waals surface area (Å²) in [5.41, 5.74) is 0.0474. The van der Waals surface area contributed by atoms with E-state index in [2.05, 4.69) is 10.1 Å². The maximum Gasteiger partial charge on any atom is 0.295 e. The first-order chi connectivity index (χ1) is 12.4. The molecule has 1 heterocycles. The highest BCUT2D eigenvalue weighted by Crippen LogP contribution is 2.24. The van der Waals surface area contributed by atoms with E-state index in [9.17, 15) is 19.7 Å². The summed E-state index contributed by atoms with van der Waals surface area (Å²) in [4.78, 5) is 42.1. The second-order valence-electron chi connectivity index (χ2n) is 5.53. The highest BCUT2D eigenvalue weighted by molar-refractivity contribution is 5.97. The molecule has 0 aliphatic carbocycles. The van der Waals surface area contributed by atoms with Crippen LogP contribution in [-0.4, -0.2) is 68.0 Å². The predicted molar refractivity (Wildman–Crippen MR) is 92.9 cm³/mol. The Morgan fingerprint density at radius 3 is 2.50 bits per heavy atom. The zero-order valence-electron chi connectivity index (χ0n) is 14.8. The number of nitrogens with zero attached hydrogens (tertiary/aromatic N) is 6. The molecule has 0 radical (unpaired) electrons. The van der Waals surface area contributed by atoms with E-state index in [0.29, 0.717) is 13.1 Å². The third kappa shape index (κ3) is 4.02. The van der Waals surface area contributed by atoms with Gasteiger partial charge in [0.15, 0.2) is 0 Å². The van der Waals surface area contributed by atoms with Crippen molar-refractivity contribution in [2.75, 3.05) is 26.7 Å². The van der Waals surface area contributed by atoms with Crippen molar-refractivity contribution in [3.63, 3.8) is 0 Å². The number of hydrogen-bond donors (Lipinski definition) is 0. The van der Waals surface area contributed by atoms with E-state index < -0.39 is 10.8 Å². The second kappa shape index (κ2) is 8.19. The number of likely N-dealkylation sites (N-methyl/N-ethyl adjacent to an activating group) is 2. The number of amides is 2. The molecule has 0 aliphatic heterocycles. The molecule has 0 atom stereocenters. The van der Waals surface area contributed by atoms with Crippen LogP contribution in [0, 0.1) is 10.1 Å². The Morgan fingerprint density at radius 2 is 1.96 bits per heavy atom. The molecule has 10 heteroatoms. The monoisotopic (exact) mass is 360 g/mol. The van der Waals surface area contributed by atoms with Gasteiger partial charge in [0.25, 0.3) is 11.6 Å². The Hall–Kier alpha value is -3.30. The topological polar surface area (TPSA) is 114 Å². The van der Waals surface area contributed by atoms with Crippen LogP contribution in [0.15, 0.2) is 30.9 Å². The van der Waals surface area contributed by atoms with Gasteiger partial charge < -0.3 is 9.80 Å². The highest BCUT2D eigenvalue weighted by Gasteiger charge is 2.22. The maximum atomic E-state index is 12.5. The van der Waals surface area contributed by atoms with Crippen LogP contribution in [0.2, 0.25) is 0 Å². The Morgan fingerprint density at radius 1 is 1.27 bits per heavy atom. The molecule has 0 saturated heterocycles. The lowest BCUT2D eigenvalue weighted by Gasteiger charge is -2.23. The molecule has 1 aromatic carbocycles. The van der Waals surface area contributed by atoms with Gasteiger partial charge in [-0.25, -0.2) is 9.67 Å². The van der Waals surface area contributed by atoms with Crippen LogP contribution in [0.1, 0.15) is 24.2 Å². The summed E-state index contributed by atoms with van der Waals surface area (Å²) >= 11 is 0. The average molecular weight is 360 g/mol. The van der Waals surface area contributed by atoms with Crippen LogP contribution in [0.5, 0.6) is 0 Å². The summed E-state index contributed by atoms with van der Waals surface area (Å²) in [7, 11) is 1.49. The van der Waals surface area contributed by atoms with E-state index in [1.54, 1.807) is 4.90 Å². The molecule has 138 valence electrons. The predicted octanol–water partition coefficient (Wildman–Crippen LogP) is 1.12. The fraction of sp³-hybridized carbons (Fsp3) is 0.375. The van der Waals surface area contributed by atoms with Gasteiger partial charge in [-0.1, -0.05) is 0 Å². The van der Waals surface area contributed by atoms with Gasteiger partial charge in [0.05, 0.1) is 11.5 Å². The minimum atomic E-state index is -0.588. The van der Waals surface area contributed by atoms with Crippen molar-refractivity contribution in [3.05, 3.63) is 46.5 Å². The van der Waals surface area contributed by atoms with Crippen LogP contribution in [0.4, 0.5) is 5.69 Å². The molecule has 2 rings (SSSR count). The molecule has 2 amide bonds. The molecule has 0 spiro atoms. The van der Waals surface area contributed by atoms with Gasteiger partial charge in [-0.2, -0.15) is 5.10 Å². The molecule has 10 nitrogen and oxygen atoms in total. The summed E-state index contributed by atoms with van der Waals surface area (Å²) < 4.78 is 1.25. The van der Waals surface area contributed by atoms with E-state index in [1.165, 1.54) is 47.5 Å². The van der Waals surface area contributed by atoms with Crippen LogP contribution >= 0.6 is 0 Å². The zero-order chi connectivity index (χ0) is 19.3. The quantitative estimate of drug-likeness (QED) is 0.540. The SMILES string of the molecule is CCN(CC)C(=O)CN(C)C(=O)c1ccc(-n2cncn2)c([N+](=O)[O-])c1. The largest absolute Gasteiger partial charge is 0.342 e. The first-order valence-electron chi connectivity index (χ1n) is 8.05. The van der Waals surface area contributed by atoms with Crippen LogP contribution in [-0.2, 0) is 4.79 Å². The highest BCUT2D eigenvalue weighted by atomic mass is 16.6. The maximum absolute atomic E-state index is 12.5. The molecule has 0 fully saturated rings. The van der Waals surface area contributed by atoms with Crippen molar-refractivity contribution in [1.29, 1.82) is 0 Å². The van der Waals surface area contributed by atoms with Gasteiger partial charge in [-0.05, 0) is 26.0 Å². The zero-order valence-corrected chi connectivity index (χ0v) is 14.8. The van der Waals surface area contributed by atoms with Gasteiger partial charge in [0.2, 0.25) is 5.91 Å². The Bertz CT molecular complexity index is 801. The Labute approximate surface area is 150 Å². The number of aromatic nitrogens is 3. The van der Waals surface area contributed by atoms with Gasteiger partial charge in [-0.15, -0.1) is 0 Å². The summed E-state index contributed by atoms with van der Waals surface area (Å²) in [6, 6.07) is 4.07. The van der Waals surface area contributed by atoms with Gasteiger partial charge >= 0.3 is 0 Å². The Kier molecular flexibility index (Phi) is 5.99. The number of rotatable bonds is 7. The summed E-state index contributed by atoms with van der Waals surface area (Å²) in [6.07, 6.45) is 2.59. The van der Waals surface area contributed by atoms with Crippen molar-refractivity contribution in [2.45, 2.75) is 13.8 Å². The van der Waals surface area contributed by atoms with E-state index >= 15 is 0 Å². The van der Waals surface area contributed by atoms with E-state index in [1.807, 2.05) is 13.8 Å². The molecule has 0 N–H and O–H groups in total. The molecule has 0 saturated carbocycles. The third-order valence-corrected chi connectivity index (χ3v) is 3.92. The number of carbonyl (C=O) groups is 2. The van der Waals surface area contributed by atoms with Crippen LogP contribution in [0.3, 0.4) is 0 Å². The van der Waals surface area contributed by atoms with Crippen molar-refractivity contribution < 1.29 is 14.5 Å². The average Bonchev–Trinajstić information content (AvgIpc) is 3.16. The summed E-state index contributed by atoms with van der Waals surface area (Å²) in [5, 5.41) is 15.2. The molecule has 2 aromatic rings. The van der Waals surface area contributed by atoms with E-state index in [4.69, 9.17) is 0 Å². The third-order valence-electron chi connectivity index (χ3n) is 3.92. The van der Waals surface area contributed by atoms with Gasteiger partial charge in [0, 0.05) is 31.8 Å². The first kappa shape index (κ1) is 19.0. The van der Waals surface area contributed by atoms with Crippen molar-refractivity contribution in [1.82, 2.24) is 24.6 Å². The van der Waals surface area contributed by atoms with Gasteiger partial charge in [-0.3, -0.25) is 19.7 Å². The fourth-order valence-corrected chi connectivity index (χ4v) is 2.50. The van der Waals surface area contributed by atoms with Crippen molar-refractivity contribution in [3.8, 4) is 5.69 Å². The molecular weight excluding hydrogens is 340 g/mol. The lowest BCUT2D eigenvalue weighted by Crippen LogP contribution is -2.41. The van der Waals surface area contributed by atoms with Crippen LogP contribution in [0.25, 0.3) is 5.69 Å². The molecule has 0 bridgehead atoms. The molecule has 0 aliphatic rings. The number of benzene rings is 1. The minimum Gasteiger partial charge on any atom is -0.342 e. The summed E-state index contributed by atoms with van der Waals surface area (Å²) in [5.74, 6) is -0.654. The molecule has 1 aromatic heterocycles. The minimum absolute atomic E-state index is 0.0981. The lowest BCUT2D eigenvalue weighted by molar-refractivity contribution is -0.384. The summed E-state index contributed by atoms with van der Waals surface area (Å²) in [6.45, 7) is 4.72. The fourth-order valence-electron chi connectivity index (χ4n) is 2.50. The van der Waals surface area contributed by atoms with Gasteiger partial charge in [0.1, 0.15) is 18.3 Å². The number of nitro groups is 1. The normalized spacial score (nSPS) is 10.4. The molecule has 0 unspecified atom stereocenters. The smallest absolute Gasteiger partial charge is 0.295 e. The standard InChI is InChI=1S/C16H20N6O4/c1-4-20(5-2)15(23)9-19(3)16(24)12-6-7-13(14(8-12)22(25)26)21-11-17-10-18-21/h6-8,10-11H,4-5,9H2,1-3H3. The number of carbonyl (C=O) groups excluding carboxylic acids is 2. The number of nitro benzene ring substituents is 1. The Balaban J connectivity index is 2.25.